The summed E-state index contributed by atoms with van der Waals surface area (Å²) >= 11 is 0. The fraction of sp³-hybridized carbons (Fsp3) is 0.393. The highest BCUT2D eigenvalue weighted by molar-refractivity contribution is 6.00. The number of hydrogen-bond acceptors (Lipinski definition) is 4. The Hall–Kier alpha value is -3.45. The van der Waals surface area contributed by atoms with Crippen molar-refractivity contribution in [2.75, 3.05) is 40.3 Å². The van der Waals surface area contributed by atoms with Gasteiger partial charge in [-0.2, -0.15) is 5.10 Å². The van der Waals surface area contributed by atoms with Crippen LogP contribution in [-0.2, 0) is 4.79 Å². The Kier molecular flexibility index (Phi) is 7.98. The van der Waals surface area contributed by atoms with Crippen LogP contribution in [0.4, 0.5) is 0 Å². The molecule has 184 valence electrons. The monoisotopic (exact) mass is 473 g/mol. The average molecular weight is 474 g/mol. The molecule has 4 rings (SSSR count). The van der Waals surface area contributed by atoms with Crippen LogP contribution in [0.2, 0.25) is 0 Å². The molecular weight excluding hydrogens is 438 g/mol. The molecule has 7 heteroatoms. The zero-order valence-corrected chi connectivity index (χ0v) is 20.9. The first-order valence-electron chi connectivity index (χ1n) is 12.4. The first kappa shape index (κ1) is 24.7. The summed E-state index contributed by atoms with van der Waals surface area (Å²) in [5, 5.41) is 7.83. The van der Waals surface area contributed by atoms with Crippen molar-refractivity contribution < 1.29 is 9.59 Å². The van der Waals surface area contributed by atoms with E-state index in [1.165, 1.54) is 0 Å². The standard InChI is InChI=1S/C28H35N5O2/c1-21(27(34)29-16-19-31(2)3)22-14-17-32(18-15-22)28(35)25-20-33(24-12-8-5-9-13-24)30-26(25)23-10-6-4-7-11-23/h4-13,20-22H,14-19H2,1-3H3,(H,29,34). The maximum atomic E-state index is 13.6. The maximum absolute atomic E-state index is 13.6. The number of benzene rings is 2. The van der Waals surface area contributed by atoms with Gasteiger partial charge in [0, 0.05) is 43.9 Å². The van der Waals surface area contributed by atoms with Crippen LogP contribution < -0.4 is 5.32 Å². The first-order chi connectivity index (χ1) is 16.9. The SMILES string of the molecule is CC(C(=O)NCCN(C)C)C1CCN(C(=O)c2cn(-c3ccccc3)nc2-c2ccccc2)CC1. The minimum Gasteiger partial charge on any atom is -0.355 e. The van der Waals surface area contributed by atoms with Gasteiger partial charge in [-0.25, -0.2) is 4.68 Å². The third-order valence-corrected chi connectivity index (χ3v) is 6.82. The van der Waals surface area contributed by atoms with Crippen molar-refractivity contribution in [3.8, 4) is 16.9 Å². The average Bonchev–Trinajstić information content (AvgIpc) is 3.34. The molecule has 35 heavy (non-hydrogen) atoms. The van der Waals surface area contributed by atoms with E-state index in [0.717, 1.165) is 30.6 Å². The van der Waals surface area contributed by atoms with E-state index in [9.17, 15) is 9.59 Å². The summed E-state index contributed by atoms with van der Waals surface area (Å²) in [6.45, 7) is 4.77. The number of hydrogen-bond donors (Lipinski definition) is 1. The van der Waals surface area contributed by atoms with Crippen LogP contribution in [0.3, 0.4) is 0 Å². The van der Waals surface area contributed by atoms with E-state index in [1.807, 2.05) is 92.8 Å². The summed E-state index contributed by atoms with van der Waals surface area (Å²) in [5.41, 5.74) is 3.13. The number of aromatic nitrogens is 2. The summed E-state index contributed by atoms with van der Waals surface area (Å²) in [4.78, 5) is 30.2. The number of piperidine rings is 1. The van der Waals surface area contributed by atoms with E-state index < -0.39 is 0 Å². The molecule has 1 unspecified atom stereocenters. The Morgan fingerprint density at radius 1 is 1.03 bits per heavy atom. The molecular formula is C28H35N5O2. The highest BCUT2D eigenvalue weighted by Gasteiger charge is 2.31. The van der Waals surface area contributed by atoms with E-state index >= 15 is 0 Å². The molecule has 1 aliphatic heterocycles. The van der Waals surface area contributed by atoms with E-state index in [1.54, 1.807) is 4.68 Å². The number of para-hydroxylation sites is 1. The number of nitrogens with zero attached hydrogens (tertiary/aromatic N) is 4. The Labute approximate surface area is 207 Å². The number of carbonyl (C=O) groups is 2. The fourth-order valence-electron chi connectivity index (χ4n) is 4.60. The Morgan fingerprint density at radius 3 is 2.29 bits per heavy atom. The van der Waals surface area contributed by atoms with Crippen molar-refractivity contribution in [3.63, 3.8) is 0 Å². The van der Waals surface area contributed by atoms with Gasteiger partial charge in [0.15, 0.2) is 0 Å². The third-order valence-electron chi connectivity index (χ3n) is 6.82. The number of nitrogens with one attached hydrogen (secondary N) is 1. The lowest BCUT2D eigenvalue weighted by atomic mass is 9.84. The van der Waals surface area contributed by atoms with E-state index in [0.29, 0.717) is 30.9 Å². The van der Waals surface area contributed by atoms with Gasteiger partial charge in [-0.15, -0.1) is 0 Å². The molecule has 3 aromatic rings. The molecule has 0 saturated carbocycles. The summed E-state index contributed by atoms with van der Waals surface area (Å²) in [6.07, 6.45) is 3.48. The maximum Gasteiger partial charge on any atom is 0.257 e. The van der Waals surface area contributed by atoms with Gasteiger partial charge in [-0.05, 0) is 45.0 Å². The van der Waals surface area contributed by atoms with Gasteiger partial charge in [0.2, 0.25) is 5.91 Å². The molecule has 1 N–H and O–H groups in total. The largest absolute Gasteiger partial charge is 0.355 e. The minimum absolute atomic E-state index is 0.00688. The lowest BCUT2D eigenvalue weighted by Crippen LogP contribution is -2.43. The number of carbonyl (C=O) groups excluding carboxylic acids is 2. The number of likely N-dealkylation sites (tertiary alicyclic amines) is 1. The lowest BCUT2D eigenvalue weighted by molar-refractivity contribution is -0.126. The second-order valence-corrected chi connectivity index (χ2v) is 9.55. The molecule has 1 fully saturated rings. The van der Waals surface area contributed by atoms with Crippen LogP contribution in [0, 0.1) is 11.8 Å². The molecule has 2 heterocycles. The quantitative estimate of drug-likeness (QED) is 0.542. The topological polar surface area (TPSA) is 70.5 Å². The second-order valence-electron chi connectivity index (χ2n) is 9.55. The van der Waals surface area contributed by atoms with Gasteiger partial charge in [0.25, 0.3) is 5.91 Å². The van der Waals surface area contributed by atoms with Crippen molar-refractivity contribution in [2.24, 2.45) is 11.8 Å². The van der Waals surface area contributed by atoms with Crippen LogP contribution in [0.15, 0.2) is 66.9 Å². The highest BCUT2D eigenvalue weighted by atomic mass is 16.2. The van der Waals surface area contributed by atoms with Crippen molar-refractivity contribution >= 4 is 11.8 Å². The van der Waals surface area contributed by atoms with Crippen molar-refractivity contribution in [1.82, 2.24) is 24.9 Å². The molecule has 1 aliphatic rings. The van der Waals surface area contributed by atoms with Gasteiger partial charge in [0.05, 0.1) is 11.3 Å². The Bertz CT molecular complexity index is 1120. The normalized spacial score (nSPS) is 15.3. The van der Waals surface area contributed by atoms with Crippen LogP contribution in [0.5, 0.6) is 0 Å². The molecule has 1 saturated heterocycles. The van der Waals surface area contributed by atoms with Gasteiger partial charge < -0.3 is 15.1 Å². The van der Waals surface area contributed by atoms with Crippen LogP contribution in [0.25, 0.3) is 16.9 Å². The van der Waals surface area contributed by atoms with E-state index in [-0.39, 0.29) is 23.7 Å². The van der Waals surface area contributed by atoms with E-state index in [4.69, 9.17) is 5.10 Å². The Morgan fingerprint density at radius 2 is 1.66 bits per heavy atom. The molecule has 1 aromatic heterocycles. The summed E-state index contributed by atoms with van der Waals surface area (Å²) in [5.74, 6) is 0.314. The van der Waals surface area contributed by atoms with Gasteiger partial charge in [-0.1, -0.05) is 55.5 Å². The summed E-state index contributed by atoms with van der Waals surface area (Å²) in [6, 6.07) is 19.7. The predicted molar refractivity (Wildman–Crippen MR) is 138 cm³/mol. The van der Waals surface area contributed by atoms with Crippen LogP contribution in [0.1, 0.15) is 30.1 Å². The van der Waals surface area contributed by atoms with Crippen LogP contribution >= 0.6 is 0 Å². The smallest absolute Gasteiger partial charge is 0.257 e. The molecule has 0 radical (unpaired) electrons. The lowest BCUT2D eigenvalue weighted by Gasteiger charge is -2.34. The van der Waals surface area contributed by atoms with Gasteiger partial charge in [0.1, 0.15) is 5.69 Å². The van der Waals surface area contributed by atoms with Crippen molar-refractivity contribution in [2.45, 2.75) is 19.8 Å². The molecule has 1 atom stereocenters. The van der Waals surface area contributed by atoms with Gasteiger partial charge in [-0.3, -0.25) is 9.59 Å². The summed E-state index contributed by atoms with van der Waals surface area (Å²) < 4.78 is 1.78. The molecule has 2 amide bonds. The number of likely N-dealkylation sites (N-methyl/N-ethyl adjacent to an activating group) is 1. The third kappa shape index (κ3) is 5.98. The molecule has 0 spiro atoms. The van der Waals surface area contributed by atoms with Crippen LogP contribution in [-0.4, -0.2) is 71.7 Å². The second kappa shape index (κ2) is 11.3. The molecule has 2 aromatic carbocycles. The van der Waals surface area contributed by atoms with Crippen molar-refractivity contribution in [3.05, 3.63) is 72.4 Å². The zero-order chi connectivity index (χ0) is 24.8. The minimum atomic E-state index is -0.0601. The number of amides is 2. The van der Waals surface area contributed by atoms with Gasteiger partial charge >= 0.3 is 0 Å². The highest BCUT2D eigenvalue weighted by Crippen LogP contribution is 2.29. The molecule has 0 bridgehead atoms. The predicted octanol–water partition coefficient (Wildman–Crippen LogP) is 3.71. The molecule has 7 nitrogen and oxygen atoms in total. The first-order valence-corrected chi connectivity index (χ1v) is 12.4. The molecule has 0 aliphatic carbocycles. The summed E-state index contributed by atoms with van der Waals surface area (Å²) in [7, 11) is 3.99. The fourth-order valence-corrected chi connectivity index (χ4v) is 4.60. The van der Waals surface area contributed by atoms with Crippen molar-refractivity contribution in [1.29, 1.82) is 0 Å². The van der Waals surface area contributed by atoms with E-state index in [2.05, 4.69) is 10.2 Å². The Balaban J connectivity index is 1.46. The zero-order valence-electron chi connectivity index (χ0n) is 20.9. The number of rotatable bonds is 8.